The summed E-state index contributed by atoms with van der Waals surface area (Å²) >= 11 is 5.33. The Morgan fingerprint density at radius 2 is 1.91 bits per heavy atom. The number of anilines is 1. The van der Waals surface area contributed by atoms with Gasteiger partial charge in [-0.05, 0) is 61.8 Å². The van der Waals surface area contributed by atoms with Gasteiger partial charge < -0.3 is 24.8 Å². The Balaban J connectivity index is 1.76. The minimum absolute atomic E-state index is 0.0346. The second-order valence-corrected chi connectivity index (χ2v) is 7.85. The molecule has 0 aliphatic heterocycles. The molecule has 0 saturated carbocycles. The average molecular weight is 457 g/mol. The zero-order valence-corrected chi connectivity index (χ0v) is 19.3. The van der Waals surface area contributed by atoms with Crippen LogP contribution in [0.15, 0.2) is 36.5 Å². The number of ether oxygens (including phenoxy) is 1. The molecule has 3 rings (SSSR count). The zero-order chi connectivity index (χ0) is 23.4. The van der Waals surface area contributed by atoms with Gasteiger partial charge in [-0.15, -0.1) is 0 Å². The topological polar surface area (TPSA) is 108 Å². The maximum absolute atomic E-state index is 12.5. The second-order valence-electron chi connectivity index (χ2n) is 7.44. The van der Waals surface area contributed by atoms with Crippen molar-refractivity contribution in [3.63, 3.8) is 0 Å². The first kappa shape index (κ1) is 23.2. The number of aromatic nitrogens is 1. The molecule has 0 spiro atoms. The number of amides is 1. The Hall–Kier alpha value is -3.46. The van der Waals surface area contributed by atoms with Crippen molar-refractivity contribution >= 4 is 39.8 Å². The molecule has 1 unspecified atom stereocenters. The summed E-state index contributed by atoms with van der Waals surface area (Å²) in [5, 5.41) is 24.0. The van der Waals surface area contributed by atoms with Crippen molar-refractivity contribution in [3.8, 4) is 17.2 Å². The molecule has 0 aliphatic rings. The van der Waals surface area contributed by atoms with Gasteiger partial charge in [0, 0.05) is 29.4 Å². The lowest BCUT2D eigenvalue weighted by Crippen LogP contribution is -2.43. The molecule has 0 aliphatic carbocycles. The molecule has 1 amide bonds. The highest BCUT2D eigenvalue weighted by Crippen LogP contribution is 2.35. The maximum Gasteiger partial charge on any atom is 0.273 e. The van der Waals surface area contributed by atoms with Crippen molar-refractivity contribution in [1.29, 1.82) is 0 Å². The number of fused-ring (bicyclic) bond motifs is 1. The van der Waals surface area contributed by atoms with Gasteiger partial charge in [0.15, 0.2) is 5.11 Å². The molecule has 3 aromatic rings. The Kier molecular flexibility index (Phi) is 7.09. The van der Waals surface area contributed by atoms with E-state index in [-0.39, 0.29) is 22.2 Å². The maximum atomic E-state index is 12.5. The van der Waals surface area contributed by atoms with Crippen molar-refractivity contribution < 1.29 is 19.7 Å². The van der Waals surface area contributed by atoms with Crippen LogP contribution in [0.2, 0.25) is 0 Å². The first-order valence-electron chi connectivity index (χ1n) is 10.4. The van der Waals surface area contributed by atoms with Gasteiger partial charge in [0.25, 0.3) is 5.91 Å². The van der Waals surface area contributed by atoms with Crippen LogP contribution in [0, 0.1) is 0 Å². The standard InChI is InChI=1S/C23H28N4O4S/c1-5-13(3)27-10-9-15-17(7-8-20(31-4)21(15)27)24-23(32)26-25-22(30)16-11-14(6-2)18(28)12-19(16)29/h7-13,28-29H,5-6H2,1-4H3,(H,25,30)(H2,24,26,32). The largest absolute Gasteiger partial charge is 0.508 e. The van der Waals surface area contributed by atoms with Gasteiger partial charge in [0.05, 0.1) is 18.2 Å². The molecule has 170 valence electrons. The normalized spacial score (nSPS) is 11.8. The number of phenolic OH excluding ortho intramolecular Hbond substituents is 2. The van der Waals surface area contributed by atoms with E-state index in [4.69, 9.17) is 17.0 Å². The number of rotatable bonds is 6. The number of thiocarbonyl (C=S) groups is 1. The van der Waals surface area contributed by atoms with E-state index in [1.165, 1.54) is 6.07 Å². The lowest BCUT2D eigenvalue weighted by atomic mass is 10.1. The van der Waals surface area contributed by atoms with Crippen LogP contribution < -0.4 is 20.9 Å². The van der Waals surface area contributed by atoms with E-state index >= 15 is 0 Å². The number of nitrogens with zero attached hydrogens (tertiary/aromatic N) is 1. The summed E-state index contributed by atoms with van der Waals surface area (Å²) in [4.78, 5) is 12.5. The summed E-state index contributed by atoms with van der Waals surface area (Å²) in [7, 11) is 1.64. The molecule has 0 bridgehead atoms. The number of carbonyl (C=O) groups excluding carboxylic acids is 1. The van der Waals surface area contributed by atoms with Gasteiger partial charge in [-0.1, -0.05) is 13.8 Å². The van der Waals surface area contributed by atoms with Crippen LogP contribution in [-0.4, -0.2) is 32.9 Å². The van der Waals surface area contributed by atoms with E-state index in [0.717, 1.165) is 34.8 Å². The minimum atomic E-state index is -0.579. The number of aromatic hydroxyl groups is 2. The number of carbonyl (C=O) groups is 1. The number of nitrogens with one attached hydrogen (secondary N) is 3. The highest BCUT2D eigenvalue weighted by molar-refractivity contribution is 7.80. The van der Waals surface area contributed by atoms with E-state index in [0.29, 0.717) is 18.0 Å². The van der Waals surface area contributed by atoms with E-state index < -0.39 is 5.91 Å². The number of aryl methyl sites for hydroxylation is 1. The predicted octanol–water partition coefficient (Wildman–Crippen LogP) is 4.23. The Morgan fingerprint density at radius 1 is 1.16 bits per heavy atom. The fourth-order valence-corrected chi connectivity index (χ4v) is 3.67. The molecule has 5 N–H and O–H groups in total. The van der Waals surface area contributed by atoms with Crippen LogP contribution in [0.5, 0.6) is 17.2 Å². The average Bonchev–Trinajstić information content (AvgIpc) is 3.23. The Morgan fingerprint density at radius 3 is 2.56 bits per heavy atom. The second kappa shape index (κ2) is 9.78. The molecule has 9 heteroatoms. The highest BCUT2D eigenvalue weighted by atomic mass is 32.1. The van der Waals surface area contributed by atoms with Crippen LogP contribution in [0.25, 0.3) is 10.9 Å². The van der Waals surface area contributed by atoms with Crippen molar-refractivity contribution in [3.05, 3.63) is 47.7 Å². The molecule has 8 nitrogen and oxygen atoms in total. The molecule has 1 aromatic heterocycles. The smallest absolute Gasteiger partial charge is 0.273 e. The number of hydrogen-bond acceptors (Lipinski definition) is 5. The predicted molar refractivity (Wildman–Crippen MR) is 129 cm³/mol. The van der Waals surface area contributed by atoms with Gasteiger partial charge in [-0.2, -0.15) is 0 Å². The molecule has 2 aromatic carbocycles. The van der Waals surface area contributed by atoms with Crippen LogP contribution in [0.1, 0.15) is 49.2 Å². The summed E-state index contributed by atoms with van der Waals surface area (Å²) in [6, 6.07) is 8.62. The molecule has 0 fully saturated rings. The van der Waals surface area contributed by atoms with E-state index in [1.54, 1.807) is 7.11 Å². The third-order valence-corrected chi connectivity index (χ3v) is 5.69. The van der Waals surface area contributed by atoms with Crippen LogP contribution in [0.3, 0.4) is 0 Å². The molecule has 1 heterocycles. The zero-order valence-electron chi connectivity index (χ0n) is 18.5. The third kappa shape index (κ3) is 4.57. The van der Waals surface area contributed by atoms with Crippen LogP contribution in [0.4, 0.5) is 5.69 Å². The lowest BCUT2D eigenvalue weighted by molar-refractivity contribution is 0.0941. The SMILES string of the molecule is CCc1cc(C(=O)NNC(=S)Nc2ccc(OC)c3c2ccn3C(C)CC)c(O)cc1O. The number of phenols is 2. The van der Waals surface area contributed by atoms with Gasteiger partial charge in [0.1, 0.15) is 17.2 Å². The molecule has 1 atom stereocenters. The molecular formula is C23H28N4O4S. The highest BCUT2D eigenvalue weighted by Gasteiger charge is 2.17. The quantitative estimate of drug-likeness (QED) is 0.279. The number of hydrazine groups is 1. The van der Waals surface area contributed by atoms with Crippen molar-refractivity contribution in [1.82, 2.24) is 15.4 Å². The third-order valence-electron chi connectivity index (χ3n) is 5.49. The summed E-state index contributed by atoms with van der Waals surface area (Å²) in [6.45, 7) is 6.11. The van der Waals surface area contributed by atoms with Gasteiger partial charge in [-0.25, -0.2) is 0 Å². The summed E-state index contributed by atoms with van der Waals surface area (Å²) in [5.41, 5.74) is 7.43. The minimum Gasteiger partial charge on any atom is -0.508 e. The fraction of sp³-hybridized carbons (Fsp3) is 0.304. The van der Waals surface area contributed by atoms with Crippen LogP contribution >= 0.6 is 12.2 Å². The number of hydrogen-bond donors (Lipinski definition) is 5. The van der Waals surface area contributed by atoms with Crippen molar-refractivity contribution in [2.24, 2.45) is 0 Å². The molecular weight excluding hydrogens is 428 g/mol. The van der Waals surface area contributed by atoms with E-state index in [2.05, 4.69) is 34.6 Å². The number of methoxy groups -OCH3 is 1. The van der Waals surface area contributed by atoms with Crippen molar-refractivity contribution in [2.75, 3.05) is 12.4 Å². The summed E-state index contributed by atoms with van der Waals surface area (Å²) < 4.78 is 7.72. The molecule has 0 saturated heterocycles. The van der Waals surface area contributed by atoms with Crippen LogP contribution in [-0.2, 0) is 6.42 Å². The lowest BCUT2D eigenvalue weighted by Gasteiger charge is -2.17. The number of benzene rings is 2. The summed E-state index contributed by atoms with van der Waals surface area (Å²) in [6.07, 6.45) is 3.51. The van der Waals surface area contributed by atoms with E-state index in [9.17, 15) is 15.0 Å². The summed E-state index contributed by atoms with van der Waals surface area (Å²) in [5.74, 6) is -0.192. The molecule has 32 heavy (non-hydrogen) atoms. The van der Waals surface area contributed by atoms with Gasteiger partial charge in [0.2, 0.25) is 0 Å². The Bertz CT molecular complexity index is 1160. The first-order chi connectivity index (χ1) is 15.3. The van der Waals surface area contributed by atoms with E-state index in [1.807, 2.05) is 31.3 Å². The Labute approximate surface area is 192 Å². The van der Waals surface area contributed by atoms with Gasteiger partial charge in [-0.3, -0.25) is 15.6 Å². The monoisotopic (exact) mass is 456 g/mol. The van der Waals surface area contributed by atoms with Crippen molar-refractivity contribution in [2.45, 2.75) is 39.7 Å². The molecule has 0 radical (unpaired) electrons. The fourth-order valence-electron chi connectivity index (χ4n) is 3.51. The van der Waals surface area contributed by atoms with Gasteiger partial charge >= 0.3 is 0 Å². The first-order valence-corrected chi connectivity index (χ1v) is 10.8.